The van der Waals surface area contributed by atoms with Crippen LogP contribution in [0.25, 0.3) is 0 Å². The lowest BCUT2D eigenvalue weighted by Gasteiger charge is -2.38. The van der Waals surface area contributed by atoms with E-state index in [0.29, 0.717) is 0 Å². The summed E-state index contributed by atoms with van der Waals surface area (Å²) in [7, 11) is 0. The highest BCUT2D eigenvalue weighted by Crippen LogP contribution is 2.70. The lowest BCUT2D eigenvalue weighted by atomic mass is 9.66. The molecule has 4 bridgehead atoms. The number of hydrogen-bond acceptors (Lipinski definition) is 0. The van der Waals surface area contributed by atoms with Gasteiger partial charge in [-0.15, -0.1) is 0 Å². The first-order valence-electron chi connectivity index (χ1n) is 6.78. The Morgan fingerprint density at radius 2 is 1.53 bits per heavy atom. The van der Waals surface area contributed by atoms with Crippen LogP contribution in [-0.2, 0) is 0 Å². The van der Waals surface area contributed by atoms with Crippen molar-refractivity contribution < 1.29 is 0 Å². The molecule has 0 aromatic carbocycles. The Morgan fingerprint density at radius 3 is 2.40 bits per heavy atom. The summed E-state index contributed by atoms with van der Waals surface area (Å²) in [5.74, 6) is 8.48. The summed E-state index contributed by atoms with van der Waals surface area (Å²) in [6.07, 6.45) is 14.7. The maximum atomic E-state index is 2.57. The third-order valence-corrected chi connectivity index (χ3v) is 6.42. The van der Waals surface area contributed by atoms with Crippen molar-refractivity contribution in [1.29, 1.82) is 0 Å². The molecule has 0 spiro atoms. The number of allylic oxidation sites excluding steroid dienone is 4. The van der Waals surface area contributed by atoms with Crippen molar-refractivity contribution in [2.75, 3.05) is 0 Å². The van der Waals surface area contributed by atoms with E-state index >= 15 is 0 Å². The molecule has 8 atom stereocenters. The minimum atomic E-state index is 0.991. The predicted octanol–water partition coefficient (Wildman–Crippen LogP) is 3.27. The second kappa shape index (κ2) is 2.26. The van der Waals surface area contributed by atoms with Gasteiger partial charge in [0.2, 0.25) is 0 Å². The second-order valence-corrected chi connectivity index (χ2v) is 6.57. The molecular formula is C15H18. The van der Waals surface area contributed by atoms with Gasteiger partial charge in [-0.2, -0.15) is 0 Å². The summed E-state index contributed by atoms with van der Waals surface area (Å²) >= 11 is 0. The molecule has 0 saturated heterocycles. The molecule has 8 unspecified atom stereocenters. The Morgan fingerprint density at radius 1 is 0.733 bits per heavy atom. The van der Waals surface area contributed by atoms with Crippen molar-refractivity contribution in [2.45, 2.75) is 19.3 Å². The van der Waals surface area contributed by atoms with Crippen LogP contribution in [0.5, 0.6) is 0 Å². The van der Waals surface area contributed by atoms with E-state index in [1.807, 2.05) is 0 Å². The molecule has 0 radical (unpaired) electrons. The highest BCUT2D eigenvalue weighted by Gasteiger charge is 2.64. The van der Waals surface area contributed by atoms with Crippen molar-refractivity contribution in [3.8, 4) is 0 Å². The van der Waals surface area contributed by atoms with Crippen LogP contribution in [0, 0.1) is 47.3 Å². The minimum Gasteiger partial charge on any atom is -0.0879 e. The lowest BCUT2D eigenvalue weighted by molar-refractivity contribution is 0.121. The summed E-state index contributed by atoms with van der Waals surface area (Å²) < 4.78 is 0. The fourth-order valence-corrected chi connectivity index (χ4v) is 6.22. The molecule has 0 heteroatoms. The SMILES string of the molecule is C1=CC2C(C1)C1CC2C2C3C=CC(C3)C12. The maximum absolute atomic E-state index is 2.57. The van der Waals surface area contributed by atoms with E-state index in [-0.39, 0.29) is 0 Å². The van der Waals surface area contributed by atoms with Gasteiger partial charge in [0.15, 0.2) is 0 Å². The van der Waals surface area contributed by atoms with Crippen LogP contribution in [0.4, 0.5) is 0 Å². The fraction of sp³-hybridized carbons (Fsp3) is 0.733. The first-order valence-corrected chi connectivity index (χ1v) is 6.78. The Bertz CT molecular complexity index is 377. The zero-order chi connectivity index (χ0) is 9.57. The van der Waals surface area contributed by atoms with E-state index in [4.69, 9.17) is 0 Å². The Kier molecular flexibility index (Phi) is 1.16. The van der Waals surface area contributed by atoms with Crippen LogP contribution in [0.3, 0.4) is 0 Å². The van der Waals surface area contributed by atoms with E-state index in [2.05, 4.69) is 24.3 Å². The van der Waals surface area contributed by atoms with Gasteiger partial charge in [-0.1, -0.05) is 24.3 Å². The summed E-state index contributed by atoms with van der Waals surface area (Å²) in [5.41, 5.74) is 0. The molecule has 0 nitrogen and oxygen atoms in total. The highest BCUT2D eigenvalue weighted by atomic mass is 14.7. The van der Waals surface area contributed by atoms with Gasteiger partial charge in [0, 0.05) is 0 Å². The number of hydrogen-bond donors (Lipinski definition) is 0. The molecule has 0 N–H and O–H groups in total. The largest absolute Gasteiger partial charge is 0.0879 e. The van der Waals surface area contributed by atoms with Crippen LogP contribution >= 0.6 is 0 Å². The van der Waals surface area contributed by atoms with Crippen LogP contribution < -0.4 is 0 Å². The molecule has 0 amide bonds. The normalized spacial score (nSPS) is 66.7. The molecule has 5 rings (SSSR count). The molecule has 0 aromatic heterocycles. The first-order chi connectivity index (χ1) is 7.43. The van der Waals surface area contributed by atoms with E-state index in [9.17, 15) is 0 Å². The van der Waals surface area contributed by atoms with Gasteiger partial charge < -0.3 is 0 Å². The monoisotopic (exact) mass is 198 g/mol. The van der Waals surface area contributed by atoms with E-state index in [0.717, 1.165) is 47.3 Å². The highest BCUT2D eigenvalue weighted by molar-refractivity contribution is 5.25. The molecule has 15 heavy (non-hydrogen) atoms. The van der Waals surface area contributed by atoms with E-state index in [1.54, 1.807) is 6.42 Å². The van der Waals surface area contributed by atoms with Gasteiger partial charge in [-0.25, -0.2) is 0 Å². The summed E-state index contributed by atoms with van der Waals surface area (Å²) in [5, 5.41) is 0. The minimum absolute atomic E-state index is 0.991. The van der Waals surface area contributed by atoms with Crippen LogP contribution in [0.15, 0.2) is 24.3 Å². The Hall–Kier alpha value is -0.520. The average molecular weight is 198 g/mol. The van der Waals surface area contributed by atoms with Gasteiger partial charge in [-0.3, -0.25) is 0 Å². The predicted molar refractivity (Wildman–Crippen MR) is 60.1 cm³/mol. The van der Waals surface area contributed by atoms with Crippen molar-refractivity contribution in [3.63, 3.8) is 0 Å². The first kappa shape index (κ1) is 7.70. The van der Waals surface area contributed by atoms with Gasteiger partial charge in [-0.05, 0) is 66.6 Å². The Balaban J connectivity index is 1.63. The maximum Gasteiger partial charge on any atom is -0.0168 e. The van der Waals surface area contributed by atoms with Gasteiger partial charge in [0.1, 0.15) is 0 Å². The van der Waals surface area contributed by atoms with Crippen LogP contribution in [0.2, 0.25) is 0 Å². The number of rotatable bonds is 0. The van der Waals surface area contributed by atoms with Gasteiger partial charge >= 0.3 is 0 Å². The third-order valence-electron chi connectivity index (χ3n) is 6.42. The molecule has 5 aliphatic rings. The van der Waals surface area contributed by atoms with E-state index in [1.165, 1.54) is 12.8 Å². The smallest absolute Gasteiger partial charge is 0.0168 e. The third kappa shape index (κ3) is 0.697. The standard InChI is InChI=1S/C15H18/c1-2-10-11(3-1)13-7-12(10)14-8-4-5-9(6-8)15(13)14/h1-2,4-5,8-15H,3,6-7H2. The average Bonchev–Trinajstić information content (AvgIpc) is 3.03. The number of fused-ring (bicyclic) bond motifs is 12. The summed E-state index contributed by atoms with van der Waals surface area (Å²) in [6.45, 7) is 0. The lowest BCUT2D eigenvalue weighted by Crippen LogP contribution is -2.34. The van der Waals surface area contributed by atoms with Crippen LogP contribution in [-0.4, -0.2) is 0 Å². The summed E-state index contributed by atoms with van der Waals surface area (Å²) in [4.78, 5) is 0. The molecular weight excluding hydrogens is 180 g/mol. The molecule has 5 aliphatic carbocycles. The van der Waals surface area contributed by atoms with E-state index < -0.39 is 0 Å². The van der Waals surface area contributed by atoms with Crippen LogP contribution in [0.1, 0.15) is 19.3 Å². The fourth-order valence-electron chi connectivity index (χ4n) is 6.22. The Labute approximate surface area is 91.4 Å². The topological polar surface area (TPSA) is 0 Å². The molecule has 0 aliphatic heterocycles. The molecule has 0 aromatic rings. The quantitative estimate of drug-likeness (QED) is 0.414. The van der Waals surface area contributed by atoms with Gasteiger partial charge in [0.25, 0.3) is 0 Å². The molecule has 3 saturated carbocycles. The van der Waals surface area contributed by atoms with Crippen molar-refractivity contribution in [1.82, 2.24) is 0 Å². The van der Waals surface area contributed by atoms with Crippen molar-refractivity contribution >= 4 is 0 Å². The second-order valence-electron chi connectivity index (χ2n) is 6.57. The molecule has 3 fully saturated rings. The zero-order valence-corrected chi connectivity index (χ0v) is 9.05. The van der Waals surface area contributed by atoms with Crippen molar-refractivity contribution in [3.05, 3.63) is 24.3 Å². The molecule has 0 heterocycles. The van der Waals surface area contributed by atoms with Gasteiger partial charge in [0.05, 0.1) is 0 Å². The van der Waals surface area contributed by atoms with Crippen molar-refractivity contribution in [2.24, 2.45) is 47.3 Å². The molecule has 78 valence electrons. The summed E-state index contributed by atoms with van der Waals surface area (Å²) in [6, 6.07) is 0. The zero-order valence-electron chi connectivity index (χ0n) is 9.05.